The maximum atomic E-state index is 13.1. The van der Waals surface area contributed by atoms with Crippen molar-refractivity contribution in [1.82, 2.24) is 0 Å². The number of nitrogens with zero attached hydrogens (tertiary/aromatic N) is 1. The van der Waals surface area contributed by atoms with Crippen LogP contribution in [0, 0.1) is 5.82 Å². The van der Waals surface area contributed by atoms with Crippen molar-refractivity contribution in [2.75, 3.05) is 16.6 Å². The van der Waals surface area contributed by atoms with Gasteiger partial charge in [0.05, 0.1) is 11.4 Å². The molecule has 1 aliphatic rings. The van der Waals surface area contributed by atoms with Crippen LogP contribution < -0.4 is 4.31 Å². The normalized spacial score (nSPS) is 19.8. The fourth-order valence-electron chi connectivity index (χ4n) is 1.74. The third kappa shape index (κ3) is 2.22. The highest BCUT2D eigenvalue weighted by Gasteiger charge is 2.27. The van der Waals surface area contributed by atoms with Crippen molar-refractivity contribution in [3.63, 3.8) is 0 Å². The molecule has 2 rings (SSSR count). The summed E-state index contributed by atoms with van der Waals surface area (Å²) in [7, 11) is -3.28. The van der Waals surface area contributed by atoms with E-state index >= 15 is 0 Å². The third-order valence-electron chi connectivity index (χ3n) is 2.53. The van der Waals surface area contributed by atoms with Gasteiger partial charge >= 0.3 is 0 Å². The van der Waals surface area contributed by atoms with Gasteiger partial charge in [0.25, 0.3) is 0 Å². The molecule has 1 aromatic rings. The van der Waals surface area contributed by atoms with E-state index in [1.807, 2.05) is 0 Å². The molecule has 1 aromatic carbocycles. The van der Waals surface area contributed by atoms with Crippen LogP contribution in [0.5, 0.6) is 0 Å². The molecule has 3 nitrogen and oxygen atoms in total. The molecular formula is C10H11BrFNO2S. The Balaban J connectivity index is 2.46. The van der Waals surface area contributed by atoms with Crippen molar-refractivity contribution in [2.45, 2.75) is 12.8 Å². The summed E-state index contributed by atoms with van der Waals surface area (Å²) in [4.78, 5) is 0. The second-order valence-electron chi connectivity index (χ2n) is 3.69. The summed E-state index contributed by atoms with van der Waals surface area (Å²) in [6, 6.07) is 4.06. The summed E-state index contributed by atoms with van der Waals surface area (Å²) in [6.45, 7) is 0.421. The number of sulfonamides is 1. The van der Waals surface area contributed by atoms with Gasteiger partial charge in [-0.1, -0.05) is 0 Å². The van der Waals surface area contributed by atoms with Crippen molar-refractivity contribution >= 4 is 31.6 Å². The zero-order chi connectivity index (χ0) is 11.8. The van der Waals surface area contributed by atoms with Crippen molar-refractivity contribution in [3.8, 4) is 0 Å². The summed E-state index contributed by atoms with van der Waals surface area (Å²) in [5.41, 5.74) is 0.389. The first-order chi connectivity index (χ1) is 7.50. The number of rotatable bonds is 1. The van der Waals surface area contributed by atoms with Crippen LogP contribution >= 0.6 is 15.9 Å². The Kier molecular flexibility index (Phi) is 3.21. The van der Waals surface area contributed by atoms with E-state index in [-0.39, 0.29) is 5.75 Å². The van der Waals surface area contributed by atoms with Crippen molar-refractivity contribution in [3.05, 3.63) is 28.5 Å². The van der Waals surface area contributed by atoms with E-state index in [2.05, 4.69) is 15.9 Å². The van der Waals surface area contributed by atoms with Gasteiger partial charge in [-0.3, -0.25) is 4.31 Å². The maximum Gasteiger partial charge on any atom is 0.235 e. The topological polar surface area (TPSA) is 37.4 Å². The smallest absolute Gasteiger partial charge is 0.235 e. The Hall–Kier alpha value is -0.620. The van der Waals surface area contributed by atoms with Crippen molar-refractivity contribution in [2.24, 2.45) is 0 Å². The predicted octanol–water partition coefficient (Wildman–Crippen LogP) is 2.52. The van der Waals surface area contributed by atoms with Crippen LogP contribution in [0.2, 0.25) is 0 Å². The van der Waals surface area contributed by atoms with Crippen LogP contribution in [0.1, 0.15) is 12.8 Å². The molecule has 0 aliphatic carbocycles. The predicted molar refractivity (Wildman–Crippen MR) is 64.5 cm³/mol. The van der Waals surface area contributed by atoms with Gasteiger partial charge in [0.1, 0.15) is 5.82 Å². The number of anilines is 1. The number of halogens is 2. The molecule has 1 aliphatic heterocycles. The van der Waals surface area contributed by atoms with Crippen molar-refractivity contribution in [1.29, 1.82) is 0 Å². The lowest BCUT2D eigenvalue weighted by Gasteiger charge is -2.29. The largest absolute Gasteiger partial charge is 0.269 e. The fourth-order valence-corrected chi connectivity index (χ4v) is 3.96. The standard InChI is InChI=1S/C10H11BrFNO2S/c11-9-4-3-8(12)7-10(9)13-5-1-2-6-16(13,14)15/h3-4,7H,1-2,5-6H2. The van der Waals surface area contributed by atoms with Crippen molar-refractivity contribution < 1.29 is 12.8 Å². The van der Waals surface area contributed by atoms with Crippen LogP contribution in [-0.2, 0) is 10.0 Å². The molecule has 0 aromatic heterocycles. The van der Waals surface area contributed by atoms with E-state index in [1.54, 1.807) is 0 Å². The first-order valence-electron chi connectivity index (χ1n) is 4.96. The Morgan fingerprint density at radius 2 is 2.06 bits per heavy atom. The monoisotopic (exact) mass is 307 g/mol. The second-order valence-corrected chi connectivity index (χ2v) is 6.56. The van der Waals surface area contributed by atoms with Gasteiger partial charge in [0.15, 0.2) is 0 Å². The average Bonchev–Trinajstić information content (AvgIpc) is 2.22. The Bertz CT molecular complexity index is 504. The SMILES string of the molecule is O=S1(=O)CCCCN1c1cc(F)ccc1Br. The first kappa shape index (κ1) is 11.9. The molecule has 16 heavy (non-hydrogen) atoms. The van der Waals surface area contributed by atoms with Crippen LogP contribution in [0.15, 0.2) is 22.7 Å². The molecule has 0 saturated carbocycles. The summed E-state index contributed by atoms with van der Waals surface area (Å²) < 4.78 is 38.6. The molecule has 0 amide bonds. The molecule has 0 atom stereocenters. The quantitative estimate of drug-likeness (QED) is 0.799. The van der Waals surface area contributed by atoms with E-state index in [9.17, 15) is 12.8 Å². The number of hydrogen-bond acceptors (Lipinski definition) is 2. The molecule has 0 unspecified atom stereocenters. The van der Waals surface area contributed by atoms with Gasteiger partial charge in [-0.25, -0.2) is 12.8 Å². The molecule has 0 N–H and O–H groups in total. The summed E-state index contributed by atoms with van der Waals surface area (Å²) >= 11 is 3.24. The van der Waals surface area contributed by atoms with E-state index in [1.165, 1.54) is 22.5 Å². The summed E-state index contributed by atoms with van der Waals surface area (Å²) in [6.07, 6.45) is 1.48. The lowest BCUT2D eigenvalue weighted by molar-refractivity contribution is 0.573. The first-order valence-corrected chi connectivity index (χ1v) is 7.36. The minimum atomic E-state index is -3.28. The van der Waals surface area contributed by atoms with E-state index in [0.717, 1.165) is 6.42 Å². The second kappa shape index (κ2) is 4.33. The summed E-state index contributed by atoms with van der Waals surface area (Å²) in [5, 5.41) is 0. The Labute approximate surface area is 102 Å². The Morgan fingerprint density at radius 1 is 1.31 bits per heavy atom. The maximum absolute atomic E-state index is 13.1. The highest BCUT2D eigenvalue weighted by atomic mass is 79.9. The third-order valence-corrected chi connectivity index (χ3v) is 5.05. The van der Waals surface area contributed by atoms with Gasteiger partial charge in [-0.05, 0) is 47.0 Å². The van der Waals surface area contributed by atoms with Gasteiger partial charge in [-0.15, -0.1) is 0 Å². The minimum absolute atomic E-state index is 0.135. The molecular weight excluding hydrogens is 297 g/mol. The molecule has 0 bridgehead atoms. The van der Waals surface area contributed by atoms with Crippen LogP contribution in [0.3, 0.4) is 0 Å². The molecule has 6 heteroatoms. The number of hydrogen-bond donors (Lipinski definition) is 0. The van der Waals surface area contributed by atoms with Crippen LogP contribution in [0.4, 0.5) is 10.1 Å². The van der Waals surface area contributed by atoms with Gasteiger partial charge in [-0.2, -0.15) is 0 Å². The highest BCUT2D eigenvalue weighted by Crippen LogP contribution is 2.31. The average molecular weight is 308 g/mol. The Morgan fingerprint density at radius 3 is 2.75 bits per heavy atom. The molecule has 0 spiro atoms. The van der Waals surface area contributed by atoms with E-state index in [4.69, 9.17) is 0 Å². The molecule has 1 saturated heterocycles. The number of benzene rings is 1. The van der Waals surface area contributed by atoms with E-state index in [0.29, 0.717) is 23.1 Å². The zero-order valence-corrected chi connectivity index (χ0v) is 10.9. The van der Waals surface area contributed by atoms with E-state index < -0.39 is 15.8 Å². The minimum Gasteiger partial charge on any atom is -0.269 e. The van der Waals surface area contributed by atoms with Gasteiger partial charge in [0, 0.05) is 11.0 Å². The fraction of sp³-hybridized carbons (Fsp3) is 0.400. The van der Waals surface area contributed by atoms with Gasteiger partial charge < -0.3 is 0 Å². The lowest BCUT2D eigenvalue weighted by atomic mass is 10.3. The van der Waals surface area contributed by atoms with Crippen LogP contribution in [0.25, 0.3) is 0 Å². The highest BCUT2D eigenvalue weighted by molar-refractivity contribution is 9.10. The molecule has 88 valence electrons. The summed E-state index contributed by atoms with van der Waals surface area (Å²) in [5.74, 6) is -0.297. The molecule has 1 heterocycles. The van der Waals surface area contributed by atoms with Gasteiger partial charge in [0.2, 0.25) is 10.0 Å². The molecule has 0 radical (unpaired) electrons. The molecule has 1 fully saturated rings. The zero-order valence-electron chi connectivity index (χ0n) is 8.49. The lowest BCUT2D eigenvalue weighted by Crippen LogP contribution is -2.38. The van der Waals surface area contributed by atoms with Crippen LogP contribution in [-0.4, -0.2) is 20.7 Å².